The minimum Gasteiger partial charge on any atom is -0.347 e. The highest BCUT2D eigenvalue weighted by Crippen LogP contribution is 2.21. The summed E-state index contributed by atoms with van der Waals surface area (Å²) in [6.07, 6.45) is 6.10. The Balaban J connectivity index is 1.44. The molecule has 1 fully saturated rings. The summed E-state index contributed by atoms with van der Waals surface area (Å²) in [5.74, 6) is 0.138. The van der Waals surface area contributed by atoms with E-state index >= 15 is 0 Å². The first-order valence-electron chi connectivity index (χ1n) is 9.47. The van der Waals surface area contributed by atoms with Crippen LogP contribution in [0.4, 0.5) is 0 Å². The zero-order valence-corrected chi connectivity index (χ0v) is 17.6. The number of sulfonamides is 1. The minimum absolute atomic E-state index is 0.160. The van der Waals surface area contributed by atoms with Crippen LogP contribution in [-0.4, -0.2) is 46.3 Å². The van der Waals surface area contributed by atoms with E-state index in [0.717, 1.165) is 18.4 Å². The maximum absolute atomic E-state index is 12.6. The predicted octanol–water partition coefficient (Wildman–Crippen LogP) is 2.64. The van der Waals surface area contributed by atoms with Crippen LogP contribution in [0.1, 0.15) is 28.9 Å². The van der Waals surface area contributed by atoms with Crippen molar-refractivity contribution in [2.45, 2.75) is 24.3 Å². The van der Waals surface area contributed by atoms with Crippen molar-refractivity contribution in [1.82, 2.24) is 24.2 Å². The molecule has 1 aliphatic rings. The third-order valence-corrected chi connectivity index (χ3v) is 6.96. The molecule has 3 heterocycles. The maximum Gasteiger partial charge on any atom is 0.271 e. The number of hydrogen-bond acceptors (Lipinski definition) is 5. The number of amides is 1. The molecule has 0 bridgehead atoms. The van der Waals surface area contributed by atoms with Crippen molar-refractivity contribution < 1.29 is 13.2 Å². The van der Waals surface area contributed by atoms with Gasteiger partial charge in [-0.05, 0) is 42.7 Å². The van der Waals surface area contributed by atoms with Crippen molar-refractivity contribution in [3.05, 3.63) is 71.4 Å². The molecule has 3 aromatic rings. The number of halogens is 1. The lowest BCUT2D eigenvalue weighted by atomic mass is 10.2. The van der Waals surface area contributed by atoms with Crippen LogP contribution in [0.5, 0.6) is 0 Å². The van der Waals surface area contributed by atoms with Crippen LogP contribution in [0, 0.1) is 0 Å². The van der Waals surface area contributed by atoms with Crippen LogP contribution < -0.4 is 5.32 Å². The Labute approximate surface area is 179 Å². The first-order valence-corrected chi connectivity index (χ1v) is 11.3. The van der Waals surface area contributed by atoms with E-state index in [0.29, 0.717) is 30.5 Å². The zero-order chi connectivity index (χ0) is 21.1. The molecular weight excluding hydrogens is 426 g/mol. The maximum atomic E-state index is 12.6. The summed E-state index contributed by atoms with van der Waals surface area (Å²) < 4.78 is 28.2. The number of nitrogens with one attached hydrogen (secondary N) is 1. The molecule has 2 aromatic heterocycles. The fourth-order valence-electron chi connectivity index (χ4n) is 3.24. The number of carbonyl (C=O) groups excluding carboxylic acids is 1. The molecule has 1 N–H and O–H groups in total. The second-order valence-corrected chi connectivity index (χ2v) is 9.32. The highest BCUT2D eigenvalue weighted by atomic mass is 35.5. The highest BCUT2D eigenvalue weighted by Gasteiger charge is 2.27. The van der Waals surface area contributed by atoms with E-state index in [1.54, 1.807) is 29.0 Å². The molecule has 156 valence electrons. The molecule has 8 nitrogen and oxygen atoms in total. The second-order valence-electron chi connectivity index (χ2n) is 6.94. The van der Waals surface area contributed by atoms with E-state index in [1.165, 1.54) is 22.9 Å². The smallest absolute Gasteiger partial charge is 0.271 e. The van der Waals surface area contributed by atoms with E-state index in [-0.39, 0.29) is 16.5 Å². The third kappa shape index (κ3) is 4.38. The number of hydrogen-bond donors (Lipinski definition) is 1. The fraction of sp³-hybridized carbons (Fsp3) is 0.250. The first kappa shape index (κ1) is 20.5. The summed E-state index contributed by atoms with van der Waals surface area (Å²) >= 11 is 5.95. The Kier molecular flexibility index (Phi) is 5.85. The number of pyridine rings is 1. The van der Waals surface area contributed by atoms with Crippen molar-refractivity contribution in [2.24, 2.45) is 0 Å². The Morgan fingerprint density at radius 3 is 2.63 bits per heavy atom. The van der Waals surface area contributed by atoms with Crippen molar-refractivity contribution in [2.75, 3.05) is 13.1 Å². The first-order chi connectivity index (χ1) is 14.4. The van der Waals surface area contributed by atoms with Gasteiger partial charge in [0, 0.05) is 37.1 Å². The molecule has 1 saturated heterocycles. The molecule has 4 rings (SSSR count). The highest BCUT2D eigenvalue weighted by molar-refractivity contribution is 7.89. The predicted molar refractivity (Wildman–Crippen MR) is 112 cm³/mol. The summed E-state index contributed by atoms with van der Waals surface area (Å²) in [5, 5.41) is 3.39. The molecular formula is C20H20ClN5O3S. The Morgan fingerprint density at radius 2 is 1.93 bits per heavy atom. The molecule has 30 heavy (non-hydrogen) atoms. The van der Waals surface area contributed by atoms with Crippen LogP contribution >= 0.6 is 11.6 Å². The van der Waals surface area contributed by atoms with Gasteiger partial charge in [-0.15, -0.1) is 0 Å². The van der Waals surface area contributed by atoms with Gasteiger partial charge in [-0.1, -0.05) is 23.7 Å². The van der Waals surface area contributed by atoms with Gasteiger partial charge in [-0.2, -0.15) is 4.31 Å². The van der Waals surface area contributed by atoms with Gasteiger partial charge < -0.3 is 5.32 Å². The van der Waals surface area contributed by atoms with Crippen LogP contribution in [0.15, 0.2) is 60.0 Å². The number of aromatic nitrogens is 3. The van der Waals surface area contributed by atoms with E-state index in [2.05, 4.69) is 15.3 Å². The van der Waals surface area contributed by atoms with Crippen molar-refractivity contribution in [3.63, 3.8) is 0 Å². The van der Waals surface area contributed by atoms with Crippen molar-refractivity contribution in [3.8, 4) is 5.82 Å². The van der Waals surface area contributed by atoms with Crippen molar-refractivity contribution >= 4 is 27.5 Å². The summed E-state index contributed by atoms with van der Waals surface area (Å²) in [5.41, 5.74) is 1.11. The topological polar surface area (TPSA) is 97.2 Å². The minimum atomic E-state index is -3.51. The van der Waals surface area contributed by atoms with Gasteiger partial charge >= 0.3 is 0 Å². The van der Waals surface area contributed by atoms with E-state index in [4.69, 9.17) is 11.6 Å². The fourth-order valence-corrected chi connectivity index (χ4v) is 4.92. The number of imidazole rings is 1. The van der Waals surface area contributed by atoms with Gasteiger partial charge in [-0.3, -0.25) is 9.36 Å². The molecule has 0 aliphatic carbocycles. The summed E-state index contributed by atoms with van der Waals surface area (Å²) in [4.78, 5) is 20.9. The summed E-state index contributed by atoms with van der Waals surface area (Å²) in [6.45, 7) is 1.41. The normalized spacial score (nSPS) is 14.7. The number of rotatable bonds is 6. The average molecular weight is 446 g/mol. The Morgan fingerprint density at radius 1 is 1.13 bits per heavy atom. The van der Waals surface area contributed by atoms with Crippen LogP contribution in [0.2, 0.25) is 5.02 Å². The lowest BCUT2D eigenvalue weighted by Gasteiger charge is -2.15. The monoisotopic (exact) mass is 445 g/mol. The van der Waals surface area contributed by atoms with E-state index in [9.17, 15) is 13.2 Å². The van der Waals surface area contributed by atoms with Crippen molar-refractivity contribution in [1.29, 1.82) is 0 Å². The van der Waals surface area contributed by atoms with Gasteiger partial charge in [-0.25, -0.2) is 18.4 Å². The number of nitrogens with zero attached hydrogens (tertiary/aromatic N) is 4. The summed E-state index contributed by atoms with van der Waals surface area (Å²) in [7, 11) is -3.51. The van der Waals surface area contributed by atoms with E-state index < -0.39 is 10.0 Å². The number of carbonyl (C=O) groups is 1. The molecule has 0 spiro atoms. The lowest BCUT2D eigenvalue weighted by Crippen LogP contribution is -2.27. The van der Waals surface area contributed by atoms with Crippen LogP contribution in [-0.2, 0) is 16.6 Å². The zero-order valence-electron chi connectivity index (χ0n) is 16.0. The Hall–Kier alpha value is -2.75. The largest absolute Gasteiger partial charge is 0.347 e. The quantitative estimate of drug-likeness (QED) is 0.629. The van der Waals surface area contributed by atoms with Gasteiger partial charge in [0.15, 0.2) is 0 Å². The van der Waals surface area contributed by atoms with Gasteiger partial charge in [0.25, 0.3) is 5.91 Å². The molecule has 0 radical (unpaired) electrons. The Bertz CT molecular complexity index is 1160. The van der Waals surface area contributed by atoms with Gasteiger partial charge in [0.2, 0.25) is 10.0 Å². The second kappa shape index (κ2) is 8.55. The molecule has 0 atom stereocenters. The lowest BCUT2D eigenvalue weighted by molar-refractivity contribution is 0.0946. The molecule has 0 saturated carbocycles. The van der Waals surface area contributed by atoms with Gasteiger partial charge in [0.05, 0.1) is 0 Å². The van der Waals surface area contributed by atoms with Crippen LogP contribution in [0.3, 0.4) is 0 Å². The summed E-state index contributed by atoms with van der Waals surface area (Å²) in [6, 6.07) is 10.3. The number of benzene rings is 1. The van der Waals surface area contributed by atoms with Gasteiger partial charge in [0.1, 0.15) is 22.7 Å². The van der Waals surface area contributed by atoms with Crippen LogP contribution in [0.25, 0.3) is 5.82 Å². The SMILES string of the molecule is O=C(NCc1cccc(Cl)c1)c1cn(-c2ccc(S(=O)(=O)N3CCCC3)cn2)cn1. The molecule has 1 amide bonds. The van der Waals surface area contributed by atoms with E-state index in [1.807, 2.05) is 12.1 Å². The standard InChI is InChI=1S/C20H20ClN5O3S/c21-16-5-3-4-15(10-16)11-23-20(27)18-13-25(14-24-18)19-7-6-17(12-22-19)30(28,29)26-8-1-2-9-26/h3-7,10,12-14H,1-2,8-9,11H2,(H,23,27). The third-order valence-electron chi connectivity index (χ3n) is 4.85. The molecule has 10 heteroatoms. The molecule has 1 aromatic carbocycles. The molecule has 0 unspecified atom stereocenters. The molecule has 1 aliphatic heterocycles. The average Bonchev–Trinajstić information content (AvgIpc) is 3.45.